The van der Waals surface area contributed by atoms with Crippen molar-refractivity contribution >= 4 is 21.6 Å². The van der Waals surface area contributed by atoms with E-state index in [4.69, 9.17) is 0 Å². The number of nitrogens with zero attached hydrogens (tertiary/aromatic N) is 2. The zero-order valence-electron chi connectivity index (χ0n) is 18.6. The molecule has 0 saturated carbocycles. The highest BCUT2D eigenvalue weighted by atomic mass is 32.2. The van der Waals surface area contributed by atoms with Crippen LogP contribution >= 0.6 is 0 Å². The van der Waals surface area contributed by atoms with Gasteiger partial charge < -0.3 is 10.2 Å². The highest BCUT2D eigenvalue weighted by Gasteiger charge is 2.22. The summed E-state index contributed by atoms with van der Waals surface area (Å²) in [6, 6.07) is 17.4. The zero-order valence-corrected chi connectivity index (χ0v) is 19.4. The molecule has 2 aromatic carbocycles. The van der Waals surface area contributed by atoms with Gasteiger partial charge in [0.05, 0.1) is 18.8 Å². The lowest BCUT2D eigenvalue weighted by Gasteiger charge is -2.33. The van der Waals surface area contributed by atoms with Crippen molar-refractivity contribution in [2.75, 3.05) is 30.8 Å². The molecule has 0 unspecified atom stereocenters. The fourth-order valence-electron chi connectivity index (χ4n) is 4.01. The molecule has 1 aliphatic rings. The molecule has 168 valence electrons. The minimum Gasteiger partial charge on any atom is -0.371 e. The van der Waals surface area contributed by atoms with Crippen LogP contribution in [0.3, 0.4) is 0 Å². The number of rotatable bonds is 8. The molecular weight excluding hydrogens is 410 g/mol. The number of nitrogens with one attached hydrogen (secondary N) is 1. The molecule has 2 aromatic rings. The Morgan fingerprint density at radius 2 is 1.84 bits per heavy atom. The molecule has 1 aliphatic heterocycles. The van der Waals surface area contributed by atoms with Gasteiger partial charge in [0.25, 0.3) is 0 Å². The maximum atomic E-state index is 12.6. The molecule has 1 fully saturated rings. The Hall–Kier alpha value is -2.38. The molecule has 1 amide bonds. The molecule has 0 spiro atoms. The number of anilines is 1. The lowest BCUT2D eigenvalue weighted by molar-refractivity contribution is -0.122. The van der Waals surface area contributed by atoms with Crippen LogP contribution in [0, 0.1) is 5.92 Å². The molecule has 1 heterocycles. The molecule has 1 saturated heterocycles. The van der Waals surface area contributed by atoms with Crippen molar-refractivity contribution in [3.05, 3.63) is 65.7 Å². The molecule has 0 radical (unpaired) electrons. The number of hydrogen-bond acceptors (Lipinski definition) is 4. The molecular formula is C24H33N3O3S. The fraction of sp³-hybridized carbons (Fsp3) is 0.458. The van der Waals surface area contributed by atoms with E-state index in [0.29, 0.717) is 5.92 Å². The standard InChI is InChI=1S/C24H33N3O3S/c1-19-8-7-15-26(16-19)23-13-11-22(12-14-23)20(2)25-24(28)18-27(31(3,29)30)17-21-9-5-4-6-10-21/h4-6,9-14,19-20H,7-8,15-18H2,1-3H3,(H,25,28)/t19-,20+/m0/s1. The van der Waals surface area contributed by atoms with Crippen molar-refractivity contribution < 1.29 is 13.2 Å². The number of carbonyl (C=O) groups excluding carboxylic acids is 1. The van der Waals surface area contributed by atoms with Crippen LogP contribution in [0.15, 0.2) is 54.6 Å². The summed E-state index contributed by atoms with van der Waals surface area (Å²) in [5.41, 5.74) is 3.05. The van der Waals surface area contributed by atoms with E-state index in [9.17, 15) is 13.2 Å². The highest BCUT2D eigenvalue weighted by Crippen LogP contribution is 2.24. The summed E-state index contributed by atoms with van der Waals surface area (Å²) in [5, 5.41) is 2.93. The summed E-state index contributed by atoms with van der Waals surface area (Å²) in [4.78, 5) is 15.0. The first kappa shape index (κ1) is 23.3. The van der Waals surface area contributed by atoms with Crippen molar-refractivity contribution in [1.82, 2.24) is 9.62 Å². The third-order valence-corrected chi connectivity index (χ3v) is 6.98. The topological polar surface area (TPSA) is 69.7 Å². The fourth-order valence-corrected chi connectivity index (χ4v) is 4.74. The van der Waals surface area contributed by atoms with Crippen LogP contribution in [0.4, 0.5) is 5.69 Å². The largest absolute Gasteiger partial charge is 0.371 e. The molecule has 0 bridgehead atoms. The molecule has 3 rings (SSSR count). The third kappa shape index (κ3) is 6.80. The molecule has 31 heavy (non-hydrogen) atoms. The first-order valence-electron chi connectivity index (χ1n) is 10.9. The number of sulfonamides is 1. The van der Waals surface area contributed by atoms with Gasteiger partial charge in [0, 0.05) is 25.3 Å². The second-order valence-electron chi connectivity index (χ2n) is 8.59. The SMILES string of the molecule is C[C@H]1CCCN(c2ccc([C@@H](C)NC(=O)CN(Cc3ccccc3)S(C)(=O)=O)cc2)C1. The predicted octanol–water partition coefficient (Wildman–Crippen LogP) is 3.56. The van der Waals surface area contributed by atoms with Crippen molar-refractivity contribution in [1.29, 1.82) is 0 Å². The van der Waals surface area contributed by atoms with Crippen LogP contribution in [-0.4, -0.2) is 44.5 Å². The lowest BCUT2D eigenvalue weighted by atomic mass is 9.99. The van der Waals surface area contributed by atoms with Crippen LogP contribution in [0.25, 0.3) is 0 Å². The Kier molecular flexibility index (Phi) is 7.73. The van der Waals surface area contributed by atoms with E-state index < -0.39 is 10.0 Å². The Balaban J connectivity index is 1.59. The summed E-state index contributed by atoms with van der Waals surface area (Å²) in [5.74, 6) is 0.392. The van der Waals surface area contributed by atoms with Gasteiger partial charge in [0.15, 0.2) is 0 Å². The second-order valence-corrected chi connectivity index (χ2v) is 10.6. The third-order valence-electron chi connectivity index (χ3n) is 5.78. The summed E-state index contributed by atoms with van der Waals surface area (Å²) in [6.45, 7) is 6.33. The number of hydrogen-bond donors (Lipinski definition) is 1. The van der Waals surface area contributed by atoms with Gasteiger partial charge in [0.1, 0.15) is 0 Å². The lowest BCUT2D eigenvalue weighted by Crippen LogP contribution is -2.40. The van der Waals surface area contributed by atoms with E-state index in [-0.39, 0.29) is 25.0 Å². The van der Waals surface area contributed by atoms with Gasteiger partial charge >= 0.3 is 0 Å². The predicted molar refractivity (Wildman–Crippen MR) is 125 cm³/mol. The minimum absolute atomic E-state index is 0.171. The molecule has 6 nitrogen and oxygen atoms in total. The van der Waals surface area contributed by atoms with E-state index >= 15 is 0 Å². The molecule has 7 heteroatoms. The minimum atomic E-state index is -3.51. The first-order valence-corrected chi connectivity index (χ1v) is 12.7. The van der Waals surface area contributed by atoms with E-state index in [0.717, 1.165) is 30.5 Å². The summed E-state index contributed by atoms with van der Waals surface area (Å²) < 4.78 is 25.6. The quantitative estimate of drug-likeness (QED) is 0.677. The number of amides is 1. The Bertz CT molecular complexity index is 961. The molecule has 0 aliphatic carbocycles. The van der Waals surface area contributed by atoms with Gasteiger partial charge in [-0.3, -0.25) is 4.79 Å². The Morgan fingerprint density at radius 1 is 1.16 bits per heavy atom. The van der Waals surface area contributed by atoms with Crippen molar-refractivity contribution in [3.63, 3.8) is 0 Å². The second kappa shape index (κ2) is 10.3. The number of benzene rings is 2. The van der Waals surface area contributed by atoms with Crippen LogP contribution in [0.5, 0.6) is 0 Å². The van der Waals surface area contributed by atoms with Crippen molar-refractivity contribution in [2.45, 2.75) is 39.3 Å². The monoisotopic (exact) mass is 443 g/mol. The maximum absolute atomic E-state index is 12.6. The van der Waals surface area contributed by atoms with E-state index in [1.807, 2.05) is 49.4 Å². The van der Waals surface area contributed by atoms with Crippen LogP contribution in [0.2, 0.25) is 0 Å². The van der Waals surface area contributed by atoms with E-state index in [2.05, 4.69) is 29.3 Å². The normalized spacial score (nSPS) is 18.1. The summed E-state index contributed by atoms with van der Waals surface area (Å²) >= 11 is 0. The molecule has 2 atom stereocenters. The summed E-state index contributed by atoms with van der Waals surface area (Å²) in [6.07, 6.45) is 3.63. The van der Waals surface area contributed by atoms with Gasteiger partial charge in [-0.1, -0.05) is 49.4 Å². The number of carbonyl (C=O) groups is 1. The van der Waals surface area contributed by atoms with Crippen molar-refractivity contribution in [2.24, 2.45) is 5.92 Å². The maximum Gasteiger partial charge on any atom is 0.235 e. The van der Waals surface area contributed by atoms with Crippen molar-refractivity contribution in [3.8, 4) is 0 Å². The van der Waals surface area contributed by atoms with Gasteiger partial charge in [-0.2, -0.15) is 4.31 Å². The van der Waals surface area contributed by atoms with E-state index in [1.165, 1.54) is 22.8 Å². The van der Waals surface area contributed by atoms with Gasteiger partial charge in [-0.15, -0.1) is 0 Å². The highest BCUT2D eigenvalue weighted by molar-refractivity contribution is 7.88. The average Bonchev–Trinajstić information content (AvgIpc) is 2.73. The molecule has 0 aromatic heterocycles. The summed E-state index contributed by atoms with van der Waals surface area (Å²) in [7, 11) is -3.51. The van der Waals surface area contributed by atoms with Crippen LogP contribution < -0.4 is 10.2 Å². The first-order chi connectivity index (χ1) is 14.7. The van der Waals surface area contributed by atoms with Gasteiger partial charge in [-0.05, 0) is 48.9 Å². The average molecular weight is 444 g/mol. The molecule has 1 N–H and O–H groups in total. The van der Waals surface area contributed by atoms with Crippen LogP contribution in [-0.2, 0) is 21.4 Å². The van der Waals surface area contributed by atoms with E-state index in [1.54, 1.807) is 0 Å². The zero-order chi connectivity index (χ0) is 22.4. The van der Waals surface area contributed by atoms with Gasteiger partial charge in [-0.25, -0.2) is 8.42 Å². The van der Waals surface area contributed by atoms with Gasteiger partial charge in [0.2, 0.25) is 15.9 Å². The Labute approximate surface area is 186 Å². The number of piperidine rings is 1. The Morgan fingerprint density at radius 3 is 2.45 bits per heavy atom. The van der Waals surface area contributed by atoms with Crippen LogP contribution in [0.1, 0.15) is 43.9 Å². The smallest absolute Gasteiger partial charge is 0.235 e.